The number of rotatable bonds is 2. The first-order chi connectivity index (χ1) is 5.94. The molecule has 0 amide bonds. The number of aromatic nitrogens is 1. The molecule has 70 valence electrons. The van der Waals surface area contributed by atoms with Crippen molar-refractivity contribution >= 4 is 11.8 Å². The topological polar surface area (TPSA) is 102 Å². The lowest BCUT2D eigenvalue weighted by atomic mass is 9.94. The van der Waals surface area contributed by atoms with Gasteiger partial charge in [0.1, 0.15) is 11.4 Å². The van der Waals surface area contributed by atoms with Gasteiger partial charge in [-0.1, -0.05) is 0 Å². The highest BCUT2D eigenvalue weighted by atomic mass is 16.4. The Balaban J connectivity index is 3.14. The van der Waals surface area contributed by atoms with Gasteiger partial charge in [-0.3, -0.25) is 0 Å². The Labute approximate surface area is 75.4 Å². The summed E-state index contributed by atoms with van der Waals surface area (Å²) >= 11 is 0. The van der Waals surface area contributed by atoms with Crippen molar-refractivity contribution in [2.75, 3.05) is 5.73 Å². The Bertz CT molecular complexity index is 336. The number of carbonyl (C=O) groups is 1. The molecule has 0 fully saturated rings. The summed E-state index contributed by atoms with van der Waals surface area (Å²) in [7, 11) is 0. The number of aliphatic carboxylic acids is 1. The Morgan fingerprint density at radius 2 is 2.31 bits per heavy atom. The average Bonchev–Trinajstić information content (AvgIpc) is 2.04. The fourth-order valence-corrected chi connectivity index (χ4v) is 0.895. The van der Waals surface area contributed by atoms with E-state index in [0.29, 0.717) is 5.56 Å². The van der Waals surface area contributed by atoms with Crippen LogP contribution in [0.4, 0.5) is 5.82 Å². The summed E-state index contributed by atoms with van der Waals surface area (Å²) in [5.74, 6) is -0.839. The molecule has 5 heteroatoms. The number of carboxylic acids is 1. The van der Waals surface area contributed by atoms with Crippen LogP contribution in [0, 0.1) is 0 Å². The first-order valence-electron chi connectivity index (χ1n) is 3.69. The molecule has 0 unspecified atom stereocenters. The number of hydrogen-bond acceptors (Lipinski definition) is 4. The summed E-state index contributed by atoms with van der Waals surface area (Å²) < 4.78 is 0. The average molecular weight is 181 g/mol. The summed E-state index contributed by atoms with van der Waals surface area (Å²) in [6, 6.07) is 2.98. The first-order valence-corrected chi connectivity index (χ1v) is 3.69. The van der Waals surface area contributed by atoms with Gasteiger partial charge in [0.25, 0.3) is 0 Å². The lowest BCUT2D eigenvalue weighted by Gasteiger charge is -2.19. The smallest absolute Gasteiger partial charge is 0.328 e. The van der Waals surface area contributed by atoms with E-state index in [1.165, 1.54) is 25.3 Å². The van der Waals surface area contributed by atoms with Gasteiger partial charge in [-0.2, -0.15) is 0 Å². The van der Waals surface area contributed by atoms with Crippen LogP contribution in [0.25, 0.3) is 0 Å². The third kappa shape index (κ3) is 1.75. The molecule has 13 heavy (non-hydrogen) atoms. The normalized spacial score (nSPS) is 14.9. The minimum Gasteiger partial charge on any atom is -0.480 e. The van der Waals surface area contributed by atoms with Crippen LogP contribution < -0.4 is 11.5 Å². The Kier molecular flexibility index (Phi) is 2.20. The van der Waals surface area contributed by atoms with E-state index in [4.69, 9.17) is 16.6 Å². The zero-order valence-corrected chi connectivity index (χ0v) is 7.19. The van der Waals surface area contributed by atoms with Gasteiger partial charge >= 0.3 is 5.97 Å². The molecule has 1 aromatic heterocycles. The van der Waals surface area contributed by atoms with E-state index >= 15 is 0 Å². The molecule has 0 saturated carbocycles. The monoisotopic (exact) mass is 181 g/mol. The van der Waals surface area contributed by atoms with Crippen LogP contribution >= 0.6 is 0 Å². The summed E-state index contributed by atoms with van der Waals surface area (Å²) in [6.45, 7) is 1.41. The van der Waals surface area contributed by atoms with Gasteiger partial charge in [0.2, 0.25) is 0 Å². The van der Waals surface area contributed by atoms with Crippen molar-refractivity contribution in [2.24, 2.45) is 5.73 Å². The largest absolute Gasteiger partial charge is 0.480 e. The molecular formula is C8H11N3O2. The van der Waals surface area contributed by atoms with E-state index in [9.17, 15) is 4.79 Å². The summed E-state index contributed by atoms with van der Waals surface area (Å²) in [5.41, 5.74) is 9.98. The second-order valence-electron chi connectivity index (χ2n) is 2.98. The highest BCUT2D eigenvalue weighted by molar-refractivity contribution is 5.80. The van der Waals surface area contributed by atoms with Crippen molar-refractivity contribution < 1.29 is 9.90 Å². The van der Waals surface area contributed by atoms with Crippen molar-refractivity contribution in [1.29, 1.82) is 0 Å². The molecule has 0 bridgehead atoms. The third-order valence-electron chi connectivity index (χ3n) is 1.83. The molecule has 1 heterocycles. The molecule has 5 N–H and O–H groups in total. The number of nitrogens with zero attached hydrogens (tertiary/aromatic N) is 1. The van der Waals surface area contributed by atoms with E-state index in [2.05, 4.69) is 4.98 Å². The maximum absolute atomic E-state index is 10.7. The lowest BCUT2D eigenvalue weighted by Crippen LogP contribution is -2.41. The SMILES string of the molecule is C[C@](N)(C(=O)O)c1ccnc(N)c1. The zero-order chi connectivity index (χ0) is 10.1. The van der Waals surface area contributed by atoms with Gasteiger partial charge in [-0.05, 0) is 24.6 Å². The van der Waals surface area contributed by atoms with E-state index in [1.54, 1.807) is 0 Å². The van der Waals surface area contributed by atoms with Gasteiger partial charge in [-0.15, -0.1) is 0 Å². The van der Waals surface area contributed by atoms with Crippen molar-refractivity contribution in [2.45, 2.75) is 12.5 Å². The molecule has 5 nitrogen and oxygen atoms in total. The molecule has 0 aliphatic carbocycles. The number of nitrogen functional groups attached to an aromatic ring is 1. The Morgan fingerprint density at radius 3 is 2.77 bits per heavy atom. The highest BCUT2D eigenvalue weighted by Crippen LogP contribution is 2.18. The highest BCUT2D eigenvalue weighted by Gasteiger charge is 2.30. The number of anilines is 1. The van der Waals surface area contributed by atoms with E-state index in [1.807, 2.05) is 0 Å². The van der Waals surface area contributed by atoms with Crippen molar-refractivity contribution in [3.05, 3.63) is 23.9 Å². The number of pyridine rings is 1. The maximum Gasteiger partial charge on any atom is 0.328 e. The van der Waals surface area contributed by atoms with E-state index < -0.39 is 11.5 Å². The van der Waals surface area contributed by atoms with E-state index in [-0.39, 0.29) is 5.82 Å². The van der Waals surface area contributed by atoms with Gasteiger partial charge < -0.3 is 16.6 Å². The van der Waals surface area contributed by atoms with Crippen LogP contribution in [-0.4, -0.2) is 16.1 Å². The number of carboxylic acid groups (broad SMARTS) is 1. The molecule has 1 rings (SSSR count). The zero-order valence-electron chi connectivity index (χ0n) is 7.19. The second-order valence-corrected chi connectivity index (χ2v) is 2.98. The van der Waals surface area contributed by atoms with E-state index in [0.717, 1.165) is 0 Å². The molecular weight excluding hydrogens is 170 g/mol. The van der Waals surface area contributed by atoms with Crippen LogP contribution in [0.1, 0.15) is 12.5 Å². The van der Waals surface area contributed by atoms with Crippen molar-refractivity contribution in [1.82, 2.24) is 4.98 Å². The van der Waals surface area contributed by atoms with Gasteiger partial charge in [0, 0.05) is 6.20 Å². The number of hydrogen-bond donors (Lipinski definition) is 3. The molecule has 0 radical (unpaired) electrons. The van der Waals surface area contributed by atoms with Crippen LogP contribution in [-0.2, 0) is 10.3 Å². The standard InChI is InChI=1S/C8H11N3O2/c1-8(10,7(12)13)5-2-3-11-6(9)4-5/h2-4H,10H2,1H3,(H2,9,11)(H,12,13)/t8-/m1/s1. The maximum atomic E-state index is 10.7. The molecule has 0 aliphatic rings. The Morgan fingerprint density at radius 1 is 1.69 bits per heavy atom. The summed E-state index contributed by atoms with van der Waals surface area (Å²) in [6.07, 6.45) is 1.43. The number of nitrogens with two attached hydrogens (primary N) is 2. The van der Waals surface area contributed by atoms with Gasteiger partial charge in [0.15, 0.2) is 0 Å². The fraction of sp³-hybridized carbons (Fsp3) is 0.250. The predicted molar refractivity (Wildman–Crippen MR) is 47.8 cm³/mol. The molecule has 0 saturated heterocycles. The van der Waals surface area contributed by atoms with Gasteiger partial charge in [-0.25, -0.2) is 9.78 Å². The van der Waals surface area contributed by atoms with Crippen molar-refractivity contribution in [3.8, 4) is 0 Å². The second kappa shape index (κ2) is 3.02. The molecule has 0 spiro atoms. The minimum atomic E-state index is -1.42. The van der Waals surface area contributed by atoms with Crippen LogP contribution in [0.15, 0.2) is 18.3 Å². The Hall–Kier alpha value is -1.62. The summed E-state index contributed by atoms with van der Waals surface area (Å²) in [5, 5.41) is 8.80. The van der Waals surface area contributed by atoms with Crippen LogP contribution in [0.5, 0.6) is 0 Å². The van der Waals surface area contributed by atoms with Gasteiger partial charge in [0.05, 0.1) is 0 Å². The quantitative estimate of drug-likeness (QED) is 0.592. The molecule has 1 aromatic rings. The minimum absolute atomic E-state index is 0.260. The first kappa shape index (κ1) is 9.47. The van der Waals surface area contributed by atoms with Crippen LogP contribution in [0.3, 0.4) is 0 Å². The van der Waals surface area contributed by atoms with Crippen molar-refractivity contribution in [3.63, 3.8) is 0 Å². The fourth-order valence-electron chi connectivity index (χ4n) is 0.895. The molecule has 0 aliphatic heterocycles. The third-order valence-corrected chi connectivity index (χ3v) is 1.83. The summed E-state index contributed by atoms with van der Waals surface area (Å²) in [4.78, 5) is 14.5. The molecule has 1 atom stereocenters. The molecule has 0 aromatic carbocycles. The predicted octanol–water partition coefficient (Wildman–Crippen LogP) is -0.0777. The lowest BCUT2D eigenvalue weighted by molar-refractivity contribution is -0.143. The van der Waals surface area contributed by atoms with Crippen LogP contribution in [0.2, 0.25) is 0 Å².